The van der Waals surface area contributed by atoms with Crippen LogP contribution in [0.25, 0.3) is 0 Å². The minimum Gasteiger partial charge on any atom is -0.377 e. The van der Waals surface area contributed by atoms with Gasteiger partial charge < -0.3 is 5.32 Å². The maximum Gasteiger partial charge on any atom is 0.287 e. The summed E-state index contributed by atoms with van der Waals surface area (Å²) in [4.78, 5) is 16.2. The predicted octanol–water partition coefficient (Wildman–Crippen LogP) is 2.70. The van der Waals surface area contributed by atoms with Crippen molar-refractivity contribution < 1.29 is 0 Å². The van der Waals surface area contributed by atoms with E-state index >= 15 is 0 Å². The zero-order valence-corrected chi connectivity index (χ0v) is 12.1. The first kappa shape index (κ1) is 14.5. The first-order valence-electron chi connectivity index (χ1n) is 6.61. The Morgan fingerprint density at radius 3 is 2.95 bits per heavy atom. The fraction of sp³-hybridized carbons (Fsp3) is 0.357. The van der Waals surface area contributed by atoms with Crippen molar-refractivity contribution in [3.63, 3.8) is 0 Å². The summed E-state index contributed by atoms with van der Waals surface area (Å²) in [6.07, 6.45) is 5.22. The van der Waals surface area contributed by atoms with Crippen molar-refractivity contribution >= 4 is 17.3 Å². The number of halogens is 1. The molecule has 0 atom stereocenters. The van der Waals surface area contributed by atoms with Gasteiger partial charge in [0.15, 0.2) is 0 Å². The van der Waals surface area contributed by atoms with Gasteiger partial charge in [-0.1, -0.05) is 31.0 Å². The number of aromatic nitrogens is 3. The first-order valence-corrected chi connectivity index (χ1v) is 6.99. The molecule has 0 aromatic carbocycles. The van der Waals surface area contributed by atoms with Gasteiger partial charge in [0.2, 0.25) is 0 Å². The Hall–Kier alpha value is -1.88. The third-order valence-electron chi connectivity index (χ3n) is 2.89. The molecular weight excluding hydrogens is 276 g/mol. The van der Waals surface area contributed by atoms with Crippen LogP contribution < -0.4 is 10.9 Å². The van der Waals surface area contributed by atoms with Gasteiger partial charge in [0.05, 0.1) is 24.1 Å². The number of nitrogens with one attached hydrogen (secondary N) is 1. The molecule has 0 aliphatic rings. The molecule has 0 amide bonds. The Labute approximate surface area is 122 Å². The molecule has 0 unspecified atom stereocenters. The van der Waals surface area contributed by atoms with Crippen LogP contribution >= 0.6 is 11.6 Å². The van der Waals surface area contributed by atoms with E-state index in [2.05, 4.69) is 22.3 Å². The standard InChI is InChI=1S/C14H17ClN4O/c1-2-3-8-19-14(20)13(15)12(10-18-19)17-9-11-6-4-5-7-16-11/h4-7,10,17H,2-3,8-9H2,1H3. The van der Waals surface area contributed by atoms with Crippen LogP contribution in [0.5, 0.6) is 0 Å². The Bertz CT molecular complexity index is 612. The van der Waals surface area contributed by atoms with E-state index in [4.69, 9.17) is 11.6 Å². The lowest BCUT2D eigenvalue weighted by Crippen LogP contribution is -2.24. The smallest absolute Gasteiger partial charge is 0.287 e. The second-order valence-electron chi connectivity index (χ2n) is 4.43. The van der Waals surface area contributed by atoms with E-state index in [-0.39, 0.29) is 10.6 Å². The second kappa shape index (κ2) is 7.05. The fourth-order valence-corrected chi connectivity index (χ4v) is 1.96. The van der Waals surface area contributed by atoms with Gasteiger partial charge in [-0.05, 0) is 18.6 Å². The molecule has 20 heavy (non-hydrogen) atoms. The minimum atomic E-state index is -0.258. The first-order chi connectivity index (χ1) is 9.72. The molecule has 5 nitrogen and oxygen atoms in total. The minimum absolute atomic E-state index is 0.173. The van der Waals surface area contributed by atoms with Crippen LogP contribution in [0.2, 0.25) is 5.02 Å². The highest BCUT2D eigenvalue weighted by Gasteiger charge is 2.08. The molecule has 0 aliphatic heterocycles. The summed E-state index contributed by atoms with van der Waals surface area (Å²) in [6.45, 7) is 3.16. The molecule has 0 aliphatic carbocycles. The molecule has 2 aromatic rings. The Kier molecular flexibility index (Phi) is 5.12. The van der Waals surface area contributed by atoms with Crippen molar-refractivity contribution in [2.24, 2.45) is 0 Å². The normalized spacial score (nSPS) is 10.5. The molecule has 6 heteroatoms. The molecule has 0 bridgehead atoms. The van der Waals surface area contributed by atoms with Crippen LogP contribution in [0.1, 0.15) is 25.5 Å². The maximum absolute atomic E-state index is 12.0. The number of nitrogens with zero attached hydrogens (tertiary/aromatic N) is 3. The number of rotatable bonds is 6. The van der Waals surface area contributed by atoms with Crippen molar-refractivity contribution in [3.8, 4) is 0 Å². The molecule has 0 radical (unpaired) electrons. The Morgan fingerprint density at radius 1 is 1.40 bits per heavy atom. The third kappa shape index (κ3) is 3.57. The summed E-state index contributed by atoms with van der Waals surface area (Å²) >= 11 is 6.09. The van der Waals surface area contributed by atoms with Crippen LogP contribution in [0, 0.1) is 0 Å². The number of hydrogen-bond acceptors (Lipinski definition) is 4. The number of aryl methyl sites for hydroxylation is 1. The summed E-state index contributed by atoms with van der Waals surface area (Å²) in [5.41, 5.74) is 1.15. The van der Waals surface area contributed by atoms with E-state index in [1.165, 1.54) is 4.68 Å². The van der Waals surface area contributed by atoms with Crippen LogP contribution in [0.15, 0.2) is 35.4 Å². The van der Waals surface area contributed by atoms with E-state index in [1.54, 1.807) is 12.4 Å². The molecule has 0 spiro atoms. The average molecular weight is 293 g/mol. The van der Waals surface area contributed by atoms with Gasteiger partial charge in [-0.2, -0.15) is 5.10 Å². The van der Waals surface area contributed by atoms with E-state index in [1.807, 2.05) is 18.2 Å². The van der Waals surface area contributed by atoms with Crippen LogP contribution in [-0.4, -0.2) is 14.8 Å². The molecule has 2 aromatic heterocycles. The van der Waals surface area contributed by atoms with E-state index in [0.29, 0.717) is 18.8 Å². The Morgan fingerprint density at radius 2 is 2.25 bits per heavy atom. The molecule has 2 rings (SSSR count). The van der Waals surface area contributed by atoms with Gasteiger partial charge in [-0.3, -0.25) is 9.78 Å². The highest BCUT2D eigenvalue weighted by Crippen LogP contribution is 2.16. The highest BCUT2D eigenvalue weighted by molar-refractivity contribution is 6.32. The Balaban J connectivity index is 2.09. The topological polar surface area (TPSA) is 59.8 Å². The van der Waals surface area contributed by atoms with Gasteiger partial charge in [-0.25, -0.2) is 4.68 Å². The number of unbranched alkanes of at least 4 members (excludes halogenated alkanes) is 1. The van der Waals surface area contributed by atoms with Gasteiger partial charge >= 0.3 is 0 Å². The summed E-state index contributed by atoms with van der Waals surface area (Å²) in [5, 5.41) is 7.38. The lowest BCUT2D eigenvalue weighted by molar-refractivity contribution is 0.543. The monoisotopic (exact) mass is 292 g/mol. The highest BCUT2D eigenvalue weighted by atomic mass is 35.5. The van der Waals surface area contributed by atoms with Crippen LogP contribution in [0.4, 0.5) is 5.69 Å². The summed E-state index contributed by atoms with van der Waals surface area (Å²) < 4.78 is 1.40. The molecule has 2 heterocycles. The summed E-state index contributed by atoms with van der Waals surface area (Å²) in [7, 11) is 0. The lowest BCUT2D eigenvalue weighted by atomic mass is 10.3. The van der Waals surface area contributed by atoms with Gasteiger partial charge in [0.1, 0.15) is 5.02 Å². The van der Waals surface area contributed by atoms with Crippen LogP contribution in [-0.2, 0) is 13.1 Å². The molecule has 1 N–H and O–H groups in total. The molecular formula is C14H17ClN4O. The fourth-order valence-electron chi connectivity index (χ4n) is 1.74. The largest absolute Gasteiger partial charge is 0.377 e. The van der Waals surface area contributed by atoms with Crippen molar-refractivity contribution in [2.75, 3.05) is 5.32 Å². The summed E-state index contributed by atoms with van der Waals surface area (Å²) in [5.74, 6) is 0. The van der Waals surface area contributed by atoms with Crippen molar-refractivity contribution in [1.82, 2.24) is 14.8 Å². The van der Waals surface area contributed by atoms with Crippen molar-refractivity contribution in [1.29, 1.82) is 0 Å². The molecule has 106 valence electrons. The zero-order chi connectivity index (χ0) is 14.4. The average Bonchev–Trinajstić information content (AvgIpc) is 2.49. The van der Waals surface area contributed by atoms with E-state index in [0.717, 1.165) is 18.5 Å². The number of anilines is 1. The second-order valence-corrected chi connectivity index (χ2v) is 4.81. The molecule has 0 saturated carbocycles. The zero-order valence-electron chi connectivity index (χ0n) is 11.3. The van der Waals surface area contributed by atoms with E-state index < -0.39 is 0 Å². The van der Waals surface area contributed by atoms with Gasteiger partial charge in [-0.15, -0.1) is 0 Å². The number of pyridine rings is 1. The van der Waals surface area contributed by atoms with Crippen molar-refractivity contribution in [2.45, 2.75) is 32.9 Å². The maximum atomic E-state index is 12.0. The van der Waals surface area contributed by atoms with Crippen molar-refractivity contribution in [3.05, 3.63) is 51.7 Å². The summed E-state index contributed by atoms with van der Waals surface area (Å²) in [6, 6.07) is 5.66. The van der Waals surface area contributed by atoms with Crippen LogP contribution in [0.3, 0.4) is 0 Å². The SMILES string of the molecule is CCCCn1ncc(NCc2ccccn2)c(Cl)c1=O. The molecule has 0 saturated heterocycles. The third-order valence-corrected chi connectivity index (χ3v) is 3.26. The van der Waals surface area contributed by atoms with Gasteiger partial charge in [0, 0.05) is 12.7 Å². The van der Waals surface area contributed by atoms with E-state index in [9.17, 15) is 4.79 Å². The quantitative estimate of drug-likeness (QED) is 0.889. The number of hydrogen-bond donors (Lipinski definition) is 1. The van der Waals surface area contributed by atoms with Gasteiger partial charge in [0.25, 0.3) is 5.56 Å². The predicted molar refractivity (Wildman–Crippen MR) is 80.0 cm³/mol. The molecule has 0 fully saturated rings. The lowest BCUT2D eigenvalue weighted by Gasteiger charge is -2.09.